The lowest BCUT2D eigenvalue weighted by molar-refractivity contribution is 0.598. The van der Waals surface area contributed by atoms with Crippen LogP contribution in [0.15, 0.2) is 20.5 Å². The van der Waals surface area contributed by atoms with Crippen LogP contribution in [-0.4, -0.2) is 21.5 Å². The van der Waals surface area contributed by atoms with Gasteiger partial charge >= 0.3 is 0 Å². The first-order chi connectivity index (χ1) is 7.20. The fourth-order valence-electron chi connectivity index (χ4n) is 1.13. The minimum Gasteiger partial charge on any atom is -0.329 e. The van der Waals surface area contributed by atoms with Gasteiger partial charge in [-0.2, -0.15) is 0 Å². The van der Waals surface area contributed by atoms with Crippen molar-refractivity contribution >= 4 is 43.2 Å². The highest BCUT2D eigenvalue weighted by Crippen LogP contribution is 2.37. The largest absolute Gasteiger partial charge is 0.329 e. The lowest BCUT2D eigenvalue weighted by atomic mass is 10.4. The van der Waals surface area contributed by atoms with Crippen LogP contribution < -0.4 is 5.73 Å². The molecule has 0 saturated heterocycles. The van der Waals surface area contributed by atoms with E-state index in [0.29, 0.717) is 13.1 Å². The Morgan fingerprint density at radius 2 is 2.27 bits per heavy atom. The van der Waals surface area contributed by atoms with Crippen LogP contribution in [0.5, 0.6) is 0 Å². The molecule has 2 N–H and O–H groups in total. The van der Waals surface area contributed by atoms with Gasteiger partial charge in [0.2, 0.25) is 0 Å². The van der Waals surface area contributed by atoms with Crippen molar-refractivity contribution in [2.45, 2.75) is 6.54 Å². The smallest absolute Gasteiger partial charge is 0.123 e. The first-order valence-electron chi connectivity index (χ1n) is 4.26. The molecule has 0 bridgehead atoms. The second-order valence-electron chi connectivity index (χ2n) is 2.89. The highest BCUT2D eigenvalue weighted by molar-refractivity contribution is 9.13. The maximum Gasteiger partial charge on any atom is 0.123 e. The Morgan fingerprint density at radius 3 is 2.87 bits per heavy atom. The second kappa shape index (κ2) is 4.73. The van der Waals surface area contributed by atoms with Gasteiger partial charge in [-0.15, -0.1) is 16.4 Å². The summed E-state index contributed by atoms with van der Waals surface area (Å²) < 4.78 is 3.85. The Morgan fingerprint density at radius 1 is 1.47 bits per heavy atom. The Labute approximate surface area is 108 Å². The highest BCUT2D eigenvalue weighted by atomic mass is 79.9. The molecular formula is C8H8Br2N4S. The van der Waals surface area contributed by atoms with Gasteiger partial charge in [0.25, 0.3) is 0 Å². The van der Waals surface area contributed by atoms with E-state index < -0.39 is 0 Å². The summed E-state index contributed by atoms with van der Waals surface area (Å²) >= 11 is 8.51. The molecule has 0 atom stereocenters. The molecule has 2 rings (SSSR count). The Bertz CT molecular complexity index is 445. The van der Waals surface area contributed by atoms with Crippen molar-refractivity contribution in [1.29, 1.82) is 0 Å². The molecule has 0 fully saturated rings. The van der Waals surface area contributed by atoms with Crippen molar-refractivity contribution in [2.75, 3.05) is 6.54 Å². The molecule has 7 heteroatoms. The van der Waals surface area contributed by atoms with Crippen LogP contribution in [-0.2, 0) is 6.54 Å². The van der Waals surface area contributed by atoms with Gasteiger partial charge in [-0.25, -0.2) is 0 Å². The normalized spacial score (nSPS) is 10.9. The highest BCUT2D eigenvalue weighted by Gasteiger charge is 2.09. The number of hydrogen-bond acceptors (Lipinski definition) is 4. The second-order valence-corrected chi connectivity index (χ2v) is 6.11. The van der Waals surface area contributed by atoms with Gasteiger partial charge < -0.3 is 5.73 Å². The zero-order valence-electron chi connectivity index (χ0n) is 7.65. The molecule has 0 aliphatic heterocycles. The molecule has 0 spiro atoms. The van der Waals surface area contributed by atoms with Gasteiger partial charge in [0.05, 0.1) is 21.4 Å². The van der Waals surface area contributed by atoms with E-state index in [1.165, 1.54) is 0 Å². The summed E-state index contributed by atoms with van der Waals surface area (Å²) in [5, 5.41) is 8.07. The van der Waals surface area contributed by atoms with Crippen LogP contribution in [0.1, 0.15) is 0 Å². The molecule has 0 aromatic carbocycles. The monoisotopic (exact) mass is 350 g/mol. The average molecular weight is 352 g/mol. The standard InChI is InChI=1S/C8H8Br2N4S/c9-5-3-7(15-8(5)10)6-4-14(2-1-11)13-12-6/h3-4H,1-2,11H2. The summed E-state index contributed by atoms with van der Waals surface area (Å²) in [4.78, 5) is 1.08. The number of hydrogen-bond donors (Lipinski definition) is 1. The predicted molar refractivity (Wildman–Crippen MR) is 67.8 cm³/mol. The van der Waals surface area contributed by atoms with E-state index in [9.17, 15) is 0 Å². The van der Waals surface area contributed by atoms with E-state index in [1.807, 2.05) is 12.3 Å². The van der Waals surface area contributed by atoms with E-state index in [0.717, 1.165) is 18.8 Å². The maximum atomic E-state index is 5.44. The molecule has 80 valence electrons. The van der Waals surface area contributed by atoms with Crippen LogP contribution in [0.4, 0.5) is 0 Å². The molecule has 2 aromatic rings. The third kappa shape index (κ3) is 2.47. The fourth-order valence-corrected chi connectivity index (χ4v) is 3.11. The molecule has 15 heavy (non-hydrogen) atoms. The zero-order valence-corrected chi connectivity index (χ0v) is 11.6. The molecule has 0 amide bonds. The average Bonchev–Trinajstić information content (AvgIpc) is 2.76. The lowest BCUT2D eigenvalue weighted by Crippen LogP contribution is -2.10. The van der Waals surface area contributed by atoms with Crippen molar-refractivity contribution in [2.24, 2.45) is 5.73 Å². The third-order valence-electron chi connectivity index (χ3n) is 1.79. The third-order valence-corrected chi connectivity index (χ3v) is 5.07. The Kier molecular flexibility index (Phi) is 3.55. The number of nitrogens with zero attached hydrogens (tertiary/aromatic N) is 3. The zero-order chi connectivity index (χ0) is 10.8. The minimum absolute atomic E-state index is 0.570. The maximum absolute atomic E-state index is 5.44. The Balaban J connectivity index is 2.28. The first-order valence-corrected chi connectivity index (χ1v) is 6.66. The van der Waals surface area contributed by atoms with Gasteiger partial charge in [0, 0.05) is 11.0 Å². The molecule has 2 aromatic heterocycles. The van der Waals surface area contributed by atoms with Crippen molar-refractivity contribution < 1.29 is 0 Å². The van der Waals surface area contributed by atoms with Crippen LogP contribution in [0.25, 0.3) is 10.6 Å². The van der Waals surface area contributed by atoms with E-state index in [-0.39, 0.29) is 0 Å². The molecule has 0 saturated carbocycles. The number of halogens is 2. The number of nitrogens with two attached hydrogens (primary N) is 1. The number of rotatable bonds is 3. The van der Waals surface area contributed by atoms with Crippen LogP contribution >= 0.6 is 43.2 Å². The molecular weight excluding hydrogens is 344 g/mol. The minimum atomic E-state index is 0.570. The summed E-state index contributed by atoms with van der Waals surface area (Å²) in [6.07, 6.45) is 1.90. The predicted octanol–water partition coefficient (Wildman–Crippen LogP) is 2.49. The van der Waals surface area contributed by atoms with Gasteiger partial charge in [0.15, 0.2) is 0 Å². The van der Waals surface area contributed by atoms with E-state index in [4.69, 9.17) is 5.73 Å². The van der Waals surface area contributed by atoms with Gasteiger partial charge in [-0.1, -0.05) is 5.21 Å². The molecule has 2 heterocycles. The summed E-state index contributed by atoms with van der Waals surface area (Å²) in [6, 6.07) is 2.02. The quantitative estimate of drug-likeness (QED) is 0.924. The summed E-state index contributed by atoms with van der Waals surface area (Å²) in [5.74, 6) is 0. The Hall–Kier alpha value is -0.240. The van der Waals surface area contributed by atoms with Crippen molar-refractivity contribution in [1.82, 2.24) is 15.0 Å². The van der Waals surface area contributed by atoms with Crippen molar-refractivity contribution in [3.63, 3.8) is 0 Å². The van der Waals surface area contributed by atoms with Gasteiger partial charge in [-0.3, -0.25) is 4.68 Å². The fraction of sp³-hybridized carbons (Fsp3) is 0.250. The summed E-state index contributed by atoms with van der Waals surface area (Å²) in [6.45, 7) is 1.27. The van der Waals surface area contributed by atoms with Crippen molar-refractivity contribution in [3.05, 3.63) is 20.5 Å². The van der Waals surface area contributed by atoms with E-state index in [1.54, 1.807) is 16.0 Å². The van der Waals surface area contributed by atoms with Crippen molar-refractivity contribution in [3.8, 4) is 10.6 Å². The molecule has 4 nitrogen and oxygen atoms in total. The lowest BCUT2D eigenvalue weighted by Gasteiger charge is -1.92. The van der Waals surface area contributed by atoms with Crippen LogP contribution in [0.2, 0.25) is 0 Å². The topological polar surface area (TPSA) is 56.7 Å². The molecule has 0 radical (unpaired) electrons. The van der Waals surface area contributed by atoms with E-state index >= 15 is 0 Å². The van der Waals surface area contributed by atoms with Gasteiger partial charge in [-0.05, 0) is 37.9 Å². The van der Waals surface area contributed by atoms with Crippen LogP contribution in [0.3, 0.4) is 0 Å². The molecule has 0 unspecified atom stereocenters. The first kappa shape index (κ1) is 11.3. The molecule has 0 aliphatic carbocycles. The summed E-state index contributed by atoms with van der Waals surface area (Å²) in [7, 11) is 0. The van der Waals surface area contributed by atoms with E-state index in [2.05, 4.69) is 42.2 Å². The number of aromatic nitrogens is 3. The van der Waals surface area contributed by atoms with Gasteiger partial charge in [0.1, 0.15) is 5.69 Å². The SMILES string of the molecule is NCCn1cc(-c2cc(Br)c(Br)s2)nn1. The number of thiophene rings is 1. The molecule has 0 aliphatic rings. The van der Waals surface area contributed by atoms with Crippen LogP contribution in [0, 0.1) is 0 Å². The summed E-state index contributed by atoms with van der Waals surface area (Å²) in [5.41, 5.74) is 6.31.